The molecule has 0 N–H and O–H groups in total. The number of hydrogen-bond donors (Lipinski definition) is 0. The minimum Gasteiger partial charge on any atom is -0.312 e. The first-order valence-corrected chi connectivity index (χ1v) is 6.44. The third-order valence-corrected chi connectivity index (χ3v) is 3.74. The first-order chi connectivity index (χ1) is 8.58. The van der Waals surface area contributed by atoms with E-state index >= 15 is 0 Å². The molecule has 2 fully saturated rings. The lowest BCUT2D eigenvalue weighted by Crippen LogP contribution is -2.33. The molecule has 0 saturated carbocycles. The Morgan fingerprint density at radius 1 is 1.11 bits per heavy atom. The molecule has 4 nitrogen and oxygen atoms in total. The number of carbonyl (C=O) groups is 2. The minimum atomic E-state index is -0.310. The SMILES string of the molecule is O=C1C2CCCN2C(=O)N1c1cc(Cl)cc(Cl)c1. The summed E-state index contributed by atoms with van der Waals surface area (Å²) < 4.78 is 0. The van der Waals surface area contributed by atoms with Crippen molar-refractivity contribution in [2.75, 3.05) is 11.4 Å². The zero-order valence-electron chi connectivity index (χ0n) is 9.40. The van der Waals surface area contributed by atoms with Crippen LogP contribution in [0.3, 0.4) is 0 Å². The average Bonchev–Trinajstić information content (AvgIpc) is 2.83. The molecule has 2 heterocycles. The summed E-state index contributed by atoms with van der Waals surface area (Å²) in [5.74, 6) is -0.184. The number of urea groups is 1. The van der Waals surface area contributed by atoms with Gasteiger partial charge in [-0.25, -0.2) is 9.69 Å². The van der Waals surface area contributed by atoms with Crippen molar-refractivity contribution in [3.63, 3.8) is 0 Å². The van der Waals surface area contributed by atoms with Crippen LogP contribution in [0.5, 0.6) is 0 Å². The van der Waals surface area contributed by atoms with Gasteiger partial charge in [-0.2, -0.15) is 0 Å². The zero-order chi connectivity index (χ0) is 12.9. The Morgan fingerprint density at radius 3 is 2.39 bits per heavy atom. The van der Waals surface area contributed by atoms with E-state index in [0.29, 0.717) is 22.3 Å². The first-order valence-electron chi connectivity index (χ1n) is 5.68. The van der Waals surface area contributed by atoms with E-state index in [1.807, 2.05) is 0 Å². The van der Waals surface area contributed by atoms with Gasteiger partial charge >= 0.3 is 6.03 Å². The minimum absolute atomic E-state index is 0.184. The van der Waals surface area contributed by atoms with Crippen molar-refractivity contribution in [1.29, 1.82) is 0 Å². The van der Waals surface area contributed by atoms with E-state index in [1.165, 1.54) is 4.90 Å². The van der Waals surface area contributed by atoms with Crippen LogP contribution in [0, 0.1) is 0 Å². The monoisotopic (exact) mass is 284 g/mol. The highest BCUT2D eigenvalue weighted by atomic mass is 35.5. The molecule has 0 bridgehead atoms. The van der Waals surface area contributed by atoms with Gasteiger partial charge in [0.05, 0.1) is 5.69 Å². The standard InChI is InChI=1S/C12H10Cl2N2O2/c13-7-4-8(14)6-9(5-7)16-11(17)10-2-1-3-15(10)12(16)18/h4-6,10H,1-3H2. The molecule has 0 aromatic heterocycles. The predicted octanol–water partition coefficient (Wildman–Crippen LogP) is 2.92. The molecule has 1 aromatic carbocycles. The van der Waals surface area contributed by atoms with Gasteiger partial charge in [0.15, 0.2) is 0 Å². The lowest BCUT2D eigenvalue weighted by Gasteiger charge is -2.16. The summed E-state index contributed by atoms with van der Waals surface area (Å²) in [6.07, 6.45) is 1.61. The summed E-state index contributed by atoms with van der Waals surface area (Å²) in [6.45, 7) is 0.639. The van der Waals surface area contributed by atoms with Gasteiger partial charge in [0.25, 0.3) is 5.91 Å². The molecule has 3 amide bonds. The van der Waals surface area contributed by atoms with Crippen LogP contribution in [-0.2, 0) is 4.79 Å². The number of anilines is 1. The lowest BCUT2D eigenvalue weighted by molar-refractivity contribution is -0.119. The summed E-state index contributed by atoms with van der Waals surface area (Å²) in [5.41, 5.74) is 0.442. The van der Waals surface area contributed by atoms with E-state index in [4.69, 9.17) is 23.2 Å². The number of halogens is 2. The molecule has 3 rings (SSSR count). The Morgan fingerprint density at radius 2 is 1.78 bits per heavy atom. The van der Waals surface area contributed by atoms with Crippen molar-refractivity contribution >= 4 is 40.8 Å². The fourth-order valence-corrected chi connectivity index (χ4v) is 3.04. The topological polar surface area (TPSA) is 40.6 Å². The highest BCUT2D eigenvalue weighted by Crippen LogP contribution is 2.33. The molecule has 18 heavy (non-hydrogen) atoms. The van der Waals surface area contributed by atoms with Crippen LogP contribution < -0.4 is 4.90 Å². The summed E-state index contributed by atoms with van der Waals surface area (Å²) in [6, 6.07) is 4.13. The van der Waals surface area contributed by atoms with Crippen LogP contribution in [0.2, 0.25) is 10.0 Å². The Bertz CT molecular complexity index is 505. The third-order valence-electron chi connectivity index (χ3n) is 3.30. The van der Waals surface area contributed by atoms with Crippen LogP contribution >= 0.6 is 23.2 Å². The molecule has 1 atom stereocenters. The molecule has 1 unspecified atom stereocenters. The molecule has 2 saturated heterocycles. The van der Waals surface area contributed by atoms with Crippen LogP contribution in [0.15, 0.2) is 18.2 Å². The molecule has 2 aliphatic rings. The Labute approximate surface area is 114 Å². The second kappa shape index (κ2) is 4.14. The van der Waals surface area contributed by atoms with E-state index in [-0.39, 0.29) is 18.0 Å². The van der Waals surface area contributed by atoms with Crippen molar-refractivity contribution in [1.82, 2.24) is 4.90 Å². The van der Waals surface area contributed by atoms with Crippen molar-refractivity contribution < 1.29 is 9.59 Å². The summed E-state index contributed by atoms with van der Waals surface area (Å²) in [5, 5.41) is 0.815. The van der Waals surface area contributed by atoms with Crippen LogP contribution in [0.1, 0.15) is 12.8 Å². The van der Waals surface area contributed by atoms with E-state index in [0.717, 1.165) is 12.8 Å². The van der Waals surface area contributed by atoms with Gasteiger partial charge in [-0.3, -0.25) is 4.79 Å². The van der Waals surface area contributed by atoms with Crippen molar-refractivity contribution in [3.05, 3.63) is 28.2 Å². The molecule has 0 radical (unpaired) electrons. The number of fused-ring (bicyclic) bond motifs is 1. The number of hydrogen-bond acceptors (Lipinski definition) is 2. The first kappa shape index (κ1) is 11.8. The summed E-state index contributed by atoms with van der Waals surface area (Å²) in [7, 11) is 0. The Kier molecular flexibility index (Phi) is 2.72. The number of rotatable bonds is 1. The van der Waals surface area contributed by atoms with Gasteiger partial charge in [0, 0.05) is 16.6 Å². The molecule has 0 spiro atoms. The smallest absolute Gasteiger partial charge is 0.312 e. The predicted molar refractivity (Wildman–Crippen MR) is 69.1 cm³/mol. The lowest BCUT2D eigenvalue weighted by atomic mass is 10.2. The maximum Gasteiger partial charge on any atom is 0.332 e. The number of imide groups is 1. The fraction of sp³-hybridized carbons (Fsp3) is 0.333. The van der Waals surface area contributed by atoms with E-state index < -0.39 is 0 Å². The van der Waals surface area contributed by atoms with Gasteiger partial charge in [-0.15, -0.1) is 0 Å². The van der Waals surface area contributed by atoms with Gasteiger partial charge in [0.2, 0.25) is 0 Å². The van der Waals surface area contributed by atoms with Crippen molar-refractivity contribution in [2.24, 2.45) is 0 Å². The van der Waals surface area contributed by atoms with Crippen LogP contribution in [0.4, 0.5) is 10.5 Å². The Balaban J connectivity index is 2.02. The van der Waals surface area contributed by atoms with E-state index in [9.17, 15) is 9.59 Å². The molecule has 6 heteroatoms. The second-order valence-electron chi connectivity index (χ2n) is 4.44. The third kappa shape index (κ3) is 1.68. The van der Waals surface area contributed by atoms with Crippen molar-refractivity contribution in [2.45, 2.75) is 18.9 Å². The van der Waals surface area contributed by atoms with Gasteiger partial charge in [-0.1, -0.05) is 23.2 Å². The number of benzene rings is 1. The molecule has 94 valence electrons. The average molecular weight is 285 g/mol. The zero-order valence-corrected chi connectivity index (χ0v) is 10.9. The van der Waals surface area contributed by atoms with Gasteiger partial charge in [0.1, 0.15) is 6.04 Å². The highest BCUT2D eigenvalue weighted by molar-refractivity contribution is 6.35. The van der Waals surface area contributed by atoms with E-state index in [1.54, 1.807) is 23.1 Å². The van der Waals surface area contributed by atoms with E-state index in [2.05, 4.69) is 0 Å². The number of nitrogens with zero attached hydrogens (tertiary/aromatic N) is 2. The van der Waals surface area contributed by atoms with Crippen LogP contribution in [-0.4, -0.2) is 29.4 Å². The largest absolute Gasteiger partial charge is 0.332 e. The molecule has 0 aliphatic carbocycles. The quantitative estimate of drug-likeness (QED) is 0.744. The molecular formula is C12H10Cl2N2O2. The van der Waals surface area contributed by atoms with Crippen molar-refractivity contribution in [3.8, 4) is 0 Å². The maximum absolute atomic E-state index is 12.2. The van der Waals surface area contributed by atoms with Gasteiger partial charge < -0.3 is 4.90 Å². The number of carbonyl (C=O) groups excluding carboxylic acids is 2. The molecule has 2 aliphatic heterocycles. The normalized spacial score (nSPS) is 22.9. The second-order valence-corrected chi connectivity index (χ2v) is 5.31. The van der Waals surface area contributed by atoms with Gasteiger partial charge in [-0.05, 0) is 31.0 Å². The summed E-state index contributed by atoms with van der Waals surface area (Å²) >= 11 is 11.8. The Hall–Kier alpha value is -1.26. The molecular weight excluding hydrogens is 275 g/mol. The maximum atomic E-state index is 12.2. The molecule has 1 aromatic rings. The number of amides is 3. The van der Waals surface area contributed by atoms with Crippen LogP contribution in [0.25, 0.3) is 0 Å². The summed E-state index contributed by atoms with van der Waals surface area (Å²) in [4.78, 5) is 27.1. The highest BCUT2D eigenvalue weighted by Gasteiger charge is 2.48. The fourth-order valence-electron chi connectivity index (χ4n) is 2.53.